The van der Waals surface area contributed by atoms with Gasteiger partial charge in [-0.3, -0.25) is 20.4 Å². The maximum Gasteiger partial charge on any atom is 0.279 e. The molecule has 0 radical (unpaired) electrons. The first-order chi connectivity index (χ1) is 12.1. The van der Waals surface area contributed by atoms with Crippen LogP contribution in [0.25, 0.3) is 10.9 Å². The van der Waals surface area contributed by atoms with E-state index >= 15 is 0 Å². The number of hydrogen-bond acceptors (Lipinski definition) is 3. The molecular weight excluding hydrogens is 334 g/mol. The Kier molecular flexibility index (Phi) is 5.19. The Balaban J connectivity index is 1.58. The Morgan fingerprint density at radius 1 is 1.16 bits per heavy atom. The average Bonchev–Trinajstić information content (AvgIpc) is 3.18. The molecule has 3 aromatic rings. The SMILES string of the molecule is CCCc1cc(C(=O)NNC(=O)Cc2c[nH]c3ccccc23)sc1C. The van der Waals surface area contributed by atoms with Gasteiger partial charge in [0.2, 0.25) is 5.91 Å². The third kappa shape index (κ3) is 3.91. The molecule has 0 bridgehead atoms. The van der Waals surface area contributed by atoms with E-state index in [1.807, 2.05) is 43.5 Å². The molecule has 0 spiro atoms. The molecule has 2 aromatic heterocycles. The predicted molar refractivity (Wildman–Crippen MR) is 101 cm³/mol. The lowest BCUT2D eigenvalue weighted by molar-refractivity contribution is -0.121. The molecule has 2 amide bonds. The molecule has 3 N–H and O–H groups in total. The topological polar surface area (TPSA) is 74.0 Å². The lowest BCUT2D eigenvalue weighted by Gasteiger charge is -2.05. The number of benzene rings is 1. The van der Waals surface area contributed by atoms with Gasteiger partial charge in [0.1, 0.15) is 0 Å². The lowest BCUT2D eigenvalue weighted by Crippen LogP contribution is -2.42. The van der Waals surface area contributed by atoms with Crippen LogP contribution < -0.4 is 10.9 Å². The van der Waals surface area contributed by atoms with Crippen LogP contribution in [0.5, 0.6) is 0 Å². The molecule has 6 heteroatoms. The Labute approximate surface area is 150 Å². The van der Waals surface area contributed by atoms with Crippen molar-refractivity contribution in [3.63, 3.8) is 0 Å². The molecule has 0 aliphatic rings. The number of para-hydroxylation sites is 1. The number of nitrogens with one attached hydrogen (secondary N) is 3. The van der Waals surface area contributed by atoms with E-state index in [-0.39, 0.29) is 18.2 Å². The molecule has 0 aliphatic heterocycles. The van der Waals surface area contributed by atoms with Crippen LogP contribution in [0.15, 0.2) is 36.5 Å². The number of aromatic amines is 1. The van der Waals surface area contributed by atoms with Gasteiger partial charge in [0.25, 0.3) is 5.91 Å². The van der Waals surface area contributed by atoms with E-state index in [4.69, 9.17) is 0 Å². The fourth-order valence-corrected chi connectivity index (χ4v) is 3.80. The number of carbonyl (C=O) groups is 2. The van der Waals surface area contributed by atoms with Crippen molar-refractivity contribution in [2.24, 2.45) is 0 Å². The van der Waals surface area contributed by atoms with Crippen LogP contribution >= 0.6 is 11.3 Å². The van der Waals surface area contributed by atoms with Crippen molar-refractivity contribution in [3.8, 4) is 0 Å². The van der Waals surface area contributed by atoms with Gasteiger partial charge in [-0.1, -0.05) is 31.5 Å². The molecule has 0 saturated heterocycles. The highest BCUT2D eigenvalue weighted by atomic mass is 32.1. The van der Waals surface area contributed by atoms with Crippen molar-refractivity contribution in [2.75, 3.05) is 0 Å². The summed E-state index contributed by atoms with van der Waals surface area (Å²) in [5, 5.41) is 1.02. The summed E-state index contributed by atoms with van der Waals surface area (Å²) in [7, 11) is 0. The first-order valence-electron chi connectivity index (χ1n) is 8.32. The molecule has 130 valence electrons. The van der Waals surface area contributed by atoms with Gasteiger partial charge in [-0.15, -0.1) is 11.3 Å². The summed E-state index contributed by atoms with van der Waals surface area (Å²) in [6.07, 6.45) is 4.03. The van der Waals surface area contributed by atoms with Crippen molar-refractivity contribution in [1.29, 1.82) is 0 Å². The van der Waals surface area contributed by atoms with Crippen molar-refractivity contribution < 1.29 is 9.59 Å². The summed E-state index contributed by atoms with van der Waals surface area (Å²) >= 11 is 1.45. The minimum Gasteiger partial charge on any atom is -0.361 e. The van der Waals surface area contributed by atoms with Crippen molar-refractivity contribution >= 4 is 34.1 Å². The van der Waals surface area contributed by atoms with Crippen LogP contribution in [0, 0.1) is 6.92 Å². The van der Waals surface area contributed by atoms with Crippen LogP contribution in [0.1, 0.15) is 39.0 Å². The zero-order chi connectivity index (χ0) is 17.8. The van der Waals surface area contributed by atoms with Gasteiger partial charge in [0.15, 0.2) is 0 Å². The summed E-state index contributed by atoms with van der Waals surface area (Å²) < 4.78 is 0. The molecule has 5 nitrogen and oxygen atoms in total. The normalized spacial score (nSPS) is 10.8. The van der Waals surface area contributed by atoms with E-state index in [9.17, 15) is 9.59 Å². The number of amides is 2. The quantitative estimate of drug-likeness (QED) is 0.613. The minimum atomic E-state index is -0.275. The Morgan fingerprint density at radius 3 is 2.76 bits per heavy atom. The summed E-state index contributed by atoms with van der Waals surface area (Å²) in [6, 6.07) is 9.72. The molecule has 0 atom stereocenters. The highest BCUT2D eigenvalue weighted by molar-refractivity contribution is 7.14. The summed E-state index contributed by atoms with van der Waals surface area (Å²) in [4.78, 5) is 29.2. The Hall–Kier alpha value is -2.60. The first kappa shape index (κ1) is 17.2. The fraction of sp³-hybridized carbons (Fsp3) is 0.263. The third-order valence-corrected chi connectivity index (χ3v) is 5.20. The van der Waals surface area contributed by atoms with Gasteiger partial charge < -0.3 is 4.98 Å². The number of hydrogen-bond donors (Lipinski definition) is 3. The van der Waals surface area contributed by atoms with Gasteiger partial charge in [-0.05, 0) is 36.6 Å². The molecule has 25 heavy (non-hydrogen) atoms. The molecule has 3 rings (SSSR count). The zero-order valence-electron chi connectivity index (χ0n) is 14.3. The second-order valence-corrected chi connectivity index (χ2v) is 7.24. The zero-order valence-corrected chi connectivity index (χ0v) is 15.1. The van der Waals surface area contributed by atoms with E-state index < -0.39 is 0 Å². The van der Waals surface area contributed by atoms with E-state index in [0.29, 0.717) is 4.88 Å². The maximum absolute atomic E-state index is 12.2. The molecule has 0 saturated carbocycles. The van der Waals surface area contributed by atoms with E-state index in [0.717, 1.165) is 34.2 Å². The van der Waals surface area contributed by atoms with Crippen LogP contribution in [0.4, 0.5) is 0 Å². The number of fused-ring (bicyclic) bond motifs is 1. The molecular formula is C19H21N3O2S. The standard InChI is InChI=1S/C19H21N3O2S/c1-3-6-13-9-17(25-12(13)2)19(24)22-21-18(23)10-14-11-20-16-8-5-4-7-15(14)16/h4-5,7-9,11,20H,3,6,10H2,1-2H3,(H,21,23)(H,22,24). The smallest absolute Gasteiger partial charge is 0.279 e. The summed E-state index contributed by atoms with van der Waals surface area (Å²) in [5.41, 5.74) is 8.09. The van der Waals surface area contributed by atoms with Crippen molar-refractivity contribution in [3.05, 3.63) is 57.4 Å². The molecule has 0 aliphatic carbocycles. The van der Waals surface area contributed by atoms with Gasteiger partial charge in [-0.2, -0.15) is 0 Å². The minimum absolute atomic E-state index is 0.203. The fourth-order valence-electron chi connectivity index (χ4n) is 2.83. The molecule has 1 aromatic carbocycles. The van der Waals surface area contributed by atoms with Crippen LogP contribution in [0.2, 0.25) is 0 Å². The second kappa shape index (κ2) is 7.53. The van der Waals surface area contributed by atoms with E-state index in [1.54, 1.807) is 0 Å². The first-order valence-corrected chi connectivity index (χ1v) is 9.13. The Bertz CT molecular complexity index is 910. The molecule has 0 unspecified atom stereocenters. The monoisotopic (exact) mass is 355 g/mol. The van der Waals surface area contributed by atoms with E-state index in [2.05, 4.69) is 22.8 Å². The molecule has 2 heterocycles. The predicted octanol–water partition coefficient (Wildman–Crippen LogP) is 3.49. The largest absolute Gasteiger partial charge is 0.361 e. The van der Waals surface area contributed by atoms with Gasteiger partial charge in [0, 0.05) is 22.0 Å². The van der Waals surface area contributed by atoms with Crippen molar-refractivity contribution in [2.45, 2.75) is 33.1 Å². The van der Waals surface area contributed by atoms with Crippen molar-refractivity contribution in [1.82, 2.24) is 15.8 Å². The number of H-pyrrole nitrogens is 1. The van der Waals surface area contributed by atoms with Gasteiger partial charge >= 0.3 is 0 Å². The van der Waals surface area contributed by atoms with E-state index in [1.165, 1.54) is 16.9 Å². The third-order valence-electron chi connectivity index (χ3n) is 4.11. The number of carbonyl (C=O) groups excluding carboxylic acids is 2. The Morgan fingerprint density at radius 2 is 1.96 bits per heavy atom. The average molecular weight is 355 g/mol. The lowest BCUT2D eigenvalue weighted by atomic mass is 10.1. The number of rotatable bonds is 5. The maximum atomic E-state index is 12.2. The second-order valence-electron chi connectivity index (χ2n) is 5.98. The van der Waals surface area contributed by atoms with Crippen LogP contribution in [-0.4, -0.2) is 16.8 Å². The summed E-state index contributed by atoms with van der Waals surface area (Å²) in [6.45, 7) is 4.13. The number of aryl methyl sites for hydroxylation is 2. The highest BCUT2D eigenvalue weighted by Gasteiger charge is 2.14. The van der Waals surface area contributed by atoms with Crippen LogP contribution in [0.3, 0.4) is 0 Å². The number of aromatic nitrogens is 1. The van der Waals surface area contributed by atoms with Gasteiger partial charge in [-0.25, -0.2) is 0 Å². The number of hydrazine groups is 1. The summed E-state index contributed by atoms with van der Waals surface area (Å²) in [5.74, 6) is -0.525. The number of thiophene rings is 1. The van der Waals surface area contributed by atoms with Gasteiger partial charge in [0.05, 0.1) is 11.3 Å². The highest BCUT2D eigenvalue weighted by Crippen LogP contribution is 2.22. The molecule has 0 fully saturated rings. The van der Waals surface area contributed by atoms with Crippen LogP contribution in [-0.2, 0) is 17.6 Å².